The van der Waals surface area contributed by atoms with E-state index in [1.54, 1.807) is 27.9 Å². The van der Waals surface area contributed by atoms with E-state index in [-0.39, 0.29) is 60.9 Å². The lowest BCUT2D eigenvalue weighted by molar-refractivity contribution is -0.357. The third kappa shape index (κ3) is 11.0. The number of methoxy groups -OCH3 is 2. The Labute approximate surface area is 441 Å². The van der Waals surface area contributed by atoms with E-state index in [4.69, 9.17) is 56.8 Å². The van der Waals surface area contributed by atoms with Gasteiger partial charge >= 0.3 is 11.9 Å². The molecule has 0 radical (unpaired) electrons. The Morgan fingerprint density at radius 1 is 0.680 bits per heavy atom. The van der Waals surface area contributed by atoms with Crippen molar-refractivity contribution >= 4 is 11.9 Å². The van der Waals surface area contributed by atoms with Crippen molar-refractivity contribution in [2.75, 3.05) is 20.8 Å². The first-order valence-electron chi connectivity index (χ1n) is 27.8. The summed E-state index contributed by atoms with van der Waals surface area (Å²) in [4.78, 5) is 25.8. The van der Waals surface area contributed by atoms with Crippen LogP contribution in [-0.2, 0) is 66.4 Å². The fourth-order valence-electron chi connectivity index (χ4n) is 15.1. The molecule has 4 aliphatic heterocycles. The standard InChI is InChI=1S/C54H90O21/c1-12-25(2)49(61)69-29(6)53(62)17-18-54(63)33-14-13-31-19-32(15-16-51(31,8)34(33)20-39(52(53,54)9)70-30(7)56)71-40-21-35(57)46(26(3)66-40)73-41-22-36(64-10)47(27(4)67-41)74-42-23-37(65-11)48(28(5)68-42)75-50-45(60)44(59)43(58)38(24-55)72-50/h25-29,31-48,50,55,57-60,62-63H,12-24H2,1-11H3/t25-,26-,27-,28-,29+,31+,32+,33-,34+,35+,36+,37-,38-,39-,40-,41+,42+,43-,44+,45-,46-,47-,48-,50+,51+,52-,53-,54+/m1/s1. The molecule has 0 aromatic heterocycles. The summed E-state index contributed by atoms with van der Waals surface area (Å²) >= 11 is 0. The molecule has 28 atom stereocenters. The molecule has 21 heteroatoms. The number of esters is 2. The van der Waals surface area contributed by atoms with Crippen LogP contribution in [0.1, 0.15) is 139 Å². The van der Waals surface area contributed by atoms with Gasteiger partial charge in [-0.2, -0.15) is 0 Å². The monoisotopic (exact) mass is 1070 g/mol. The van der Waals surface area contributed by atoms with Crippen molar-refractivity contribution in [2.45, 2.75) is 273 Å². The summed E-state index contributed by atoms with van der Waals surface area (Å²) < 4.78 is 74.0. The zero-order valence-electron chi connectivity index (χ0n) is 45.9. The largest absolute Gasteiger partial charge is 0.462 e. The molecule has 0 bridgehead atoms. The van der Waals surface area contributed by atoms with E-state index in [1.807, 2.05) is 27.7 Å². The number of fused-ring (bicyclic) bond motifs is 5. The van der Waals surface area contributed by atoms with E-state index in [9.17, 15) is 45.3 Å². The van der Waals surface area contributed by atoms with Crippen molar-refractivity contribution < 1.29 is 102 Å². The average molecular weight is 1080 g/mol. The Bertz CT molecular complexity index is 1920. The Morgan fingerprint density at radius 2 is 1.27 bits per heavy atom. The second kappa shape index (κ2) is 23.4. The molecule has 8 rings (SSSR count). The van der Waals surface area contributed by atoms with Gasteiger partial charge in [0.1, 0.15) is 60.5 Å². The molecule has 0 aromatic carbocycles. The third-order valence-corrected chi connectivity index (χ3v) is 19.9. The van der Waals surface area contributed by atoms with Crippen molar-refractivity contribution in [3.63, 3.8) is 0 Å². The number of hydrogen-bond acceptors (Lipinski definition) is 21. The van der Waals surface area contributed by atoms with Gasteiger partial charge < -0.3 is 92.6 Å². The van der Waals surface area contributed by atoms with Crippen molar-refractivity contribution in [2.24, 2.45) is 34.5 Å². The predicted molar refractivity (Wildman–Crippen MR) is 262 cm³/mol. The second-order valence-electron chi connectivity index (χ2n) is 23.9. The van der Waals surface area contributed by atoms with Crippen LogP contribution in [0.25, 0.3) is 0 Å². The fourth-order valence-corrected chi connectivity index (χ4v) is 15.1. The van der Waals surface area contributed by atoms with E-state index in [2.05, 4.69) is 6.92 Å². The quantitative estimate of drug-likeness (QED) is 0.0864. The minimum Gasteiger partial charge on any atom is -0.462 e. The second-order valence-corrected chi connectivity index (χ2v) is 23.9. The minimum absolute atomic E-state index is 0.00841. The Morgan fingerprint density at radius 3 is 1.84 bits per heavy atom. The summed E-state index contributed by atoms with van der Waals surface area (Å²) in [5.41, 5.74) is -4.52. The molecule has 4 saturated heterocycles. The van der Waals surface area contributed by atoms with Crippen LogP contribution in [0.3, 0.4) is 0 Å². The zero-order chi connectivity index (χ0) is 54.7. The summed E-state index contributed by atoms with van der Waals surface area (Å²) in [6.07, 6.45) is -11.1. The van der Waals surface area contributed by atoms with Crippen LogP contribution in [0.5, 0.6) is 0 Å². The van der Waals surface area contributed by atoms with Gasteiger partial charge in [0.25, 0.3) is 0 Å². The lowest BCUT2D eigenvalue weighted by atomic mass is 9.42. The highest BCUT2D eigenvalue weighted by Crippen LogP contribution is 2.71. The van der Waals surface area contributed by atoms with Crippen LogP contribution in [0.2, 0.25) is 0 Å². The molecular weight excluding hydrogens is 985 g/mol. The Kier molecular flexibility index (Phi) is 18.5. The molecule has 75 heavy (non-hydrogen) atoms. The topological polar surface area (TPSA) is 287 Å². The molecule has 0 amide bonds. The summed E-state index contributed by atoms with van der Waals surface area (Å²) in [5, 5.41) is 78.1. The summed E-state index contributed by atoms with van der Waals surface area (Å²) in [6.45, 7) is 15.7. The number of rotatable bonds is 16. The van der Waals surface area contributed by atoms with Crippen LogP contribution < -0.4 is 0 Å². The number of carbonyl (C=O) groups is 2. The summed E-state index contributed by atoms with van der Waals surface area (Å²) in [5.74, 6) is -1.19. The van der Waals surface area contributed by atoms with Crippen LogP contribution in [0.15, 0.2) is 0 Å². The van der Waals surface area contributed by atoms with Gasteiger partial charge in [-0.15, -0.1) is 0 Å². The highest BCUT2D eigenvalue weighted by Gasteiger charge is 2.77. The van der Waals surface area contributed by atoms with Crippen LogP contribution in [0.4, 0.5) is 0 Å². The van der Waals surface area contributed by atoms with Crippen LogP contribution in [0, 0.1) is 34.5 Å². The molecular formula is C54H90O21. The molecule has 8 fully saturated rings. The molecule has 432 valence electrons. The van der Waals surface area contributed by atoms with Gasteiger partial charge in [-0.1, -0.05) is 27.7 Å². The smallest absolute Gasteiger partial charge is 0.309 e. The maximum atomic E-state index is 13.1. The van der Waals surface area contributed by atoms with Crippen molar-refractivity contribution in [1.29, 1.82) is 0 Å². The fraction of sp³-hybridized carbons (Fsp3) is 0.963. The van der Waals surface area contributed by atoms with Gasteiger partial charge in [-0.25, -0.2) is 0 Å². The van der Waals surface area contributed by atoms with Gasteiger partial charge in [0.15, 0.2) is 25.2 Å². The number of aliphatic hydroxyl groups excluding tert-OH is 5. The molecule has 4 heterocycles. The van der Waals surface area contributed by atoms with Crippen LogP contribution in [-0.4, -0.2) is 203 Å². The first kappa shape index (κ1) is 59.4. The van der Waals surface area contributed by atoms with Gasteiger partial charge in [0.05, 0.1) is 66.3 Å². The van der Waals surface area contributed by atoms with Crippen LogP contribution >= 0.6 is 0 Å². The number of hydrogen-bond donors (Lipinski definition) is 7. The third-order valence-electron chi connectivity index (χ3n) is 19.9. The molecule has 0 unspecified atom stereocenters. The van der Waals surface area contributed by atoms with Gasteiger partial charge in [-0.05, 0) is 109 Å². The normalized spacial score (nSPS) is 50.9. The molecule has 0 aromatic rings. The van der Waals surface area contributed by atoms with Gasteiger partial charge in [0, 0.05) is 40.4 Å². The van der Waals surface area contributed by atoms with Gasteiger partial charge in [0.2, 0.25) is 0 Å². The average Bonchev–Trinajstić information content (AvgIpc) is 3.59. The maximum Gasteiger partial charge on any atom is 0.309 e. The Balaban J connectivity index is 0.839. The van der Waals surface area contributed by atoms with Gasteiger partial charge in [-0.3, -0.25) is 9.59 Å². The molecule has 0 spiro atoms. The SMILES string of the molecule is CC[C@@H](C)C(=O)O[C@@H](C)[C@]1(O)CC[C@]2(O)[C@@H]3CC[C@H]4C[C@@H](O[C@@H]5C[C@H](O)[C@H](O[C@H]6C[C@H](OC)[C@H](O[C@H]7C[C@@H](OC)[C@H](O[C@@H]8O[C@H](CO)[C@@H](O)[C@H](O)[C@H]8O)[C@@H](C)O7)[C@@H](C)O6)[C@@H](C)O5)CC[C@]4(C)[C@H]3C[C@@H](OC(C)=O)[C@]12C. The summed E-state index contributed by atoms with van der Waals surface area (Å²) in [6, 6.07) is 0. The lowest BCUT2D eigenvalue weighted by Gasteiger charge is -2.66. The van der Waals surface area contributed by atoms with E-state index < -0.39 is 152 Å². The molecule has 8 aliphatic rings. The number of carbonyl (C=O) groups excluding carboxylic acids is 2. The molecule has 4 saturated carbocycles. The highest BCUT2D eigenvalue weighted by molar-refractivity contribution is 5.72. The van der Waals surface area contributed by atoms with Crippen molar-refractivity contribution in [3.8, 4) is 0 Å². The number of aliphatic hydroxyl groups is 7. The maximum absolute atomic E-state index is 13.1. The molecule has 4 aliphatic carbocycles. The predicted octanol–water partition coefficient (Wildman–Crippen LogP) is 2.53. The van der Waals surface area contributed by atoms with Crippen molar-refractivity contribution in [1.82, 2.24) is 0 Å². The molecule has 7 N–H and O–H groups in total. The Hall–Kier alpha value is -1.74. The van der Waals surface area contributed by atoms with E-state index in [1.165, 1.54) is 14.0 Å². The van der Waals surface area contributed by atoms with E-state index >= 15 is 0 Å². The first-order chi connectivity index (χ1) is 35.4. The minimum atomic E-state index is -1.63. The lowest BCUT2D eigenvalue weighted by Crippen LogP contribution is -2.72. The first-order valence-corrected chi connectivity index (χ1v) is 27.8. The zero-order valence-corrected chi connectivity index (χ0v) is 45.9. The van der Waals surface area contributed by atoms with E-state index in [0.29, 0.717) is 19.3 Å². The molecule has 21 nitrogen and oxygen atoms in total. The number of ether oxygens (including phenoxy) is 12. The summed E-state index contributed by atoms with van der Waals surface area (Å²) in [7, 11) is 3.08. The van der Waals surface area contributed by atoms with Crippen molar-refractivity contribution in [3.05, 3.63) is 0 Å². The van der Waals surface area contributed by atoms with E-state index in [0.717, 1.165) is 32.1 Å². The highest BCUT2D eigenvalue weighted by atomic mass is 16.8.